The summed E-state index contributed by atoms with van der Waals surface area (Å²) in [7, 11) is 0. The molecule has 0 aliphatic carbocycles. The Hall–Kier alpha value is 0.430. The van der Waals surface area contributed by atoms with Crippen LogP contribution in [0.1, 0.15) is 12.8 Å². The minimum Gasteiger partial charge on any atom is -0.356 e. The van der Waals surface area contributed by atoms with Crippen molar-refractivity contribution < 1.29 is 4.79 Å². The molecule has 2 nitrogen and oxygen atoms in total. The molecule has 4 heteroatoms. The van der Waals surface area contributed by atoms with E-state index < -0.39 is 0 Å². The maximum Gasteiger partial charge on any atom is 0.220 e. The van der Waals surface area contributed by atoms with E-state index in [9.17, 15) is 4.79 Å². The van der Waals surface area contributed by atoms with Crippen molar-refractivity contribution in [2.45, 2.75) is 12.8 Å². The highest BCUT2D eigenvalue weighted by molar-refractivity contribution is 8.93. The Morgan fingerprint density at radius 1 is 1.38 bits per heavy atom. The molecule has 0 bridgehead atoms. The van der Waals surface area contributed by atoms with Gasteiger partial charge in [0.2, 0.25) is 5.91 Å². The lowest BCUT2D eigenvalue weighted by Gasteiger charge is -1.80. The molecule has 0 aromatic carbocycles. The average molecular weight is 247 g/mol. The van der Waals surface area contributed by atoms with E-state index in [1.54, 1.807) is 0 Å². The summed E-state index contributed by atoms with van der Waals surface area (Å²) < 4.78 is 0. The van der Waals surface area contributed by atoms with Crippen LogP contribution in [0, 0.1) is 0 Å². The van der Waals surface area contributed by atoms with E-state index in [-0.39, 0.29) is 39.9 Å². The summed E-state index contributed by atoms with van der Waals surface area (Å²) in [6.45, 7) is 0.888. The Morgan fingerprint density at radius 2 is 2.00 bits per heavy atom. The third-order valence-corrected chi connectivity index (χ3v) is 0.903. The van der Waals surface area contributed by atoms with Crippen molar-refractivity contribution in [2.24, 2.45) is 0 Å². The second kappa shape index (κ2) is 5.56. The number of rotatable bonds is 0. The minimum absolute atomic E-state index is 0. The number of carbonyl (C=O) groups excluding carboxylic acids is 1. The molecule has 0 aromatic rings. The molecule has 0 aromatic heterocycles. The highest BCUT2D eigenvalue weighted by Gasteiger charge is 2.05. The standard InChI is InChI=1S/C4H7NO.2BrH/c6-4-2-1-3-5-4;;/h1-3H2,(H,5,6);2*1H. The van der Waals surface area contributed by atoms with E-state index in [2.05, 4.69) is 5.32 Å². The maximum atomic E-state index is 10.1. The van der Waals surface area contributed by atoms with Gasteiger partial charge in [0.15, 0.2) is 0 Å². The van der Waals surface area contributed by atoms with Crippen molar-refractivity contribution in [3.8, 4) is 0 Å². The summed E-state index contributed by atoms with van der Waals surface area (Å²) >= 11 is 0. The fourth-order valence-electron chi connectivity index (χ4n) is 0.565. The number of amides is 1. The number of nitrogens with one attached hydrogen (secondary N) is 1. The molecule has 50 valence electrons. The first-order valence-electron chi connectivity index (χ1n) is 2.16. The normalized spacial score (nSPS) is 15.8. The summed E-state index contributed by atoms with van der Waals surface area (Å²) in [5, 5.41) is 2.68. The Kier molecular flexibility index (Phi) is 7.83. The molecule has 0 saturated carbocycles. The molecule has 1 N–H and O–H groups in total. The molecule has 1 fully saturated rings. The second-order valence-corrected chi connectivity index (χ2v) is 1.45. The van der Waals surface area contributed by atoms with Gasteiger partial charge in [0.25, 0.3) is 0 Å². The van der Waals surface area contributed by atoms with Crippen molar-refractivity contribution >= 4 is 39.9 Å². The molecule has 1 aliphatic heterocycles. The highest BCUT2D eigenvalue weighted by Crippen LogP contribution is 1.93. The van der Waals surface area contributed by atoms with Crippen LogP contribution in [0.3, 0.4) is 0 Å². The number of halogens is 2. The lowest BCUT2D eigenvalue weighted by molar-refractivity contribution is -0.119. The molecule has 1 saturated heterocycles. The minimum atomic E-state index is 0. The van der Waals surface area contributed by atoms with Gasteiger partial charge in [-0.1, -0.05) is 0 Å². The smallest absolute Gasteiger partial charge is 0.220 e. The second-order valence-electron chi connectivity index (χ2n) is 1.45. The number of hydrogen-bond donors (Lipinski definition) is 1. The molecule has 8 heavy (non-hydrogen) atoms. The van der Waals surface area contributed by atoms with E-state index in [4.69, 9.17) is 0 Å². The van der Waals surface area contributed by atoms with Crippen molar-refractivity contribution in [3.05, 3.63) is 0 Å². The molecular formula is C4H9Br2NO. The van der Waals surface area contributed by atoms with E-state index in [0.29, 0.717) is 0 Å². The summed E-state index contributed by atoms with van der Waals surface area (Å²) in [6.07, 6.45) is 1.76. The quantitative estimate of drug-likeness (QED) is 0.681. The van der Waals surface area contributed by atoms with Crippen LogP contribution in [0.15, 0.2) is 0 Å². The van der Waals surface area contributed by atoms with Gasteiger partial charge in [-0.15, -0.1) is 34.0 Å². The molecule has 1 rings (SSSR count). The zero-order valence-electron chi connectivity index (χ0n) is 4.35. The summed E-state index contributed by atoms with van der Waals surface area (Å²) in [5.41, 5.74) is 0. The van der Waals surface area contributed by atoms with Gasteiger partial charge in [0.1, 0.15) is 0 Å². The van der Waals surface area contributed by atoms with Gasteiger partial charge in [-0.05, 0) is 6.42 Å². The van der Waals surface area contributed by atoms with Crippen LogP contribution in [0.4, 0.5) is 0 Å². The van der Waals surface area contributed by atoms with Crippen LogP contribution in [0.25, 0.3) is 0 Å². The highest BCUT2D eigenvalue weighted by atomic mass is 79.9. The molecule has 1 aliphatic rings. The first-order chi connectivity index (χ1) is 2.89. The van der Waals surface area contributed by atoms with Gasteiger partial charge >= 0.3 is 0 Å². The van der Waals surface area contributed by atoms with Gasteiger partial charge in [0.05, 0.1) is 0 Å². The lowest BCUT2D eigenvalue weighted by atomic mass is 10.4. The van der Waals surface area contributed by atoms with Gasteiger partial charge in [-0.3, -0.25) is 4.79 Å². The van der Waals surface area contributed by atoms with Crippen LogP contribution in [-0.4, -0.2) is 12.5 Å². The van der Waals surface area contributed by atoms with Crippen molar-refractivity contribution in [2.75, 3.05) is 6.54 Å². The van der Waals surface area contributed by atoms with Crippen molar-refractivity contribution in [1.82, 2.24) is 5.32 Å². The molecule has 0 spiro atoms. The van der Waals surface area contributed by atoms with Crippen LogP contribution >= 0.6 is 34.0 Å². The van der Waals surface area contributed by atoms with Crippen LogP contribution < -0.4 is 5.32 Å². The lowest BCUT2D eigenvalue weighted by Crippen LogP contribution is -2.12. The zero-order chi connectivity index (χ0) is 4.41. The van der Waals surface area contributed by atoms with E-state index in [1.165, 1.54) is 0 Å². The summed E-state index contributed by atoms with van der Waals surface area (Å²) in [6, 6.07) is 0. The van der Waals surface area contributed by atoms with Gasteiger partial charge in [-0.25, -0.2) is 0 Å². The third kappa shape index (κ3) is 3.43. The molecule has 1 amide bonds. The van der Waals surface area contributed by atoms with E-state index >= 15 is 0 Å². The number of hydrogen-bond acceptors (Lipinski definition) is 1. The van der Waals surface area contributed by atoms with Crippen LogP contribution in [0.2, 0.25) is 0 Å². The van der Waals surface area contributed by atoms with Gasteiger partial charge < -0.3 is 5.32 Å². The molecular weight excluding hydrogens is 238 g/mol. The Bertz CT molecular complexity index is 68.4. The first-order valence-corrected chi connectivity index (χ1v) is 2.16. The van der Waals surface area contributed by atoms with Gasteiger partial charge in [0, 0.05) is 13.0 Å². The number of carbonyl (C=O) groups is 1. The summed E-state index contributed by atoms with van der Waals surface area (Å²) in [5.74, 6) is 0.204. The average Bonchev–Trinajstić information content (AvgIpc) is 1.86. The maximum absolute atomic E-state index is 10.1. The largest absolute Gasteiger partial charge is 0.356 e. The van der Waals surface area contributed by atoms with Crippen molar-refractivity contribution in [1.29, 1.82) is 0 Å². The fraction of sp³-hybridized carbons (Fsp3) is 0.750. The zero-order valence-corrected chi connectivity index (χ0v) is 7.77. The third-order valence-electron chi connectivity index (χ3n) is 0.903. The Labute approximate surface area is 69.6 Å². The molecule has 0 radical (unpaired) electrons. The summed E-state index contributed by atoms with van der Waals surface area (Å²) in [4.78, 5) is 10.1. The first kappa shape index (κ1) is 11.3. The van der Waals surface area contributed by atoms with Gasteiger partial charge in [-0.2, -0.15) is 0 Å². The Balaban J connectivity index is 0. The molecule has 1 heterocycles. The fourth-order valence-corrected chi connectivity index (χ4v) is 0.565. The topological polar surface area (TPSA) is 29.1 Å². The van der Waals surface area contributed by atoms with Crippen LogP contribution in [0.5, 0.6) is 0 Å². The van der Waals surface area contributed by atoms with E-state index in [1.807, 2.05) is 0 Å². The molecule has 0 atom stereocenters. The molecule has 0 unspecified atom stereocenters. The van der Waals surface area contributed by atoms with Crippen LogP contribution in [-0.2, 0) is 4.79 Å². The van der Waals surface area contributed by atoms with Crippen molar-refractivity contribution in [3.63, 3.8) is 0 Å². The predicted molar refractivity (Wildman–Crippen MR) is 42.9 cm³/mol. The van der Waals surface area contributed by atoms with E-state index in [0.717, 1.165) is 19.4 Å². The Morgan fingerprint density at radius 3 is 2.12 bits per heavy atom. The predicted octanol–water partition coefficient (Wildman–Crippen LogP) is 1.05. The SMILES string of the molecule is Br.Br.O=C1CCCN1. The monoisotopic (exact) mass is 245 g/mol.